The molecule has 0 radical (unpaired) electrons. The van der Waals surface area contributed by atoms with E-state index in [0.29, 0.717) is 0 Å². The molecule has 0 saturated carbocycles. The first-order chi connectivity index (χ1) is 8.08. The van der Waals surface area contributed by atoms with Crippen molar-refractivity contribution in [3.8, 4) is 10.4 Å². The Morgan fingerprint density at radius 2 is 2.00 bits per heavy atom. The van der Waals surface area contributed by atoms with E-state index in [4.69, 9.17) is 5.11 Å². The Balaban J connectivity index is 2.29. The van der Waals surface area contributed by atoms with E-state index >= 15 is 0 Å². The molecule has 0 spiro atoms. The van der Waals surface area contributed by atoms with E-state index in [0.717, 1.165) is 20.5 Å². The summed E-state index contributed by atoms with van der Waals surface area (Å²) in [5, 5.41) is 10.9. The highest BCUT2D eigenvalue weighted by molar-refractivity contribution is 9.10. The maximum absolute atomic E-state index is 10.9. The largest absolute Gasteiger partial charge is 0.481 e. The second kappa shape index (κ2) is 5.02. The molecule has 0 bridgehead atoms. The fourth-order valence-electron chi connectivity index (χ4n) is 1.49. The van der Waals surface area contributed by atoms with Crippen LogP contribution in [0.2, 0.25) is 0 Å². The molecule has 0 saturated heterocycles. The van der Waals surface area contributed by atoms with E-state index in [-0.39, 0.29) is 0 Å². The third kappa shape index (κ3) is 2.76. The smallest absolute Gasteiger partial charge is 0.310 e. The molecule has 1 aromatic heterocycles. The van der Waals surface area contributed by atoms with Crippen LogP contribution in [-0.2, 0) is 4.79 Å². The number of aliphatic carboxylic acids is 1. The lowest BCUT2D eigenvalue weighted by atomic mass is 10.0. The molecule has 0 aliphatic carbocycles. The van der Waals surface area contributed by atoms with Crippen molar-refractivity contribution >= 4 is 33.2 Å². The zero-order chi connectivity index (χ0) is 12.4. The van der Waals surface area contributed by atoms with Crippen molar-refractivity contribution < 1.29 is 9.90 Å². The van der Waals surface area contributed by atoms with E-state index < -0.39 is 11.9 Å². The van der Waals surface area contributed by atoms with E-state index in [1.807, 2.05) is 35.7 Å². The van der Waals surface area contributed by atoms with Gasteiger partial charge in [-0.3, -0.25) is 4.79 Å². The summed E-state index contributed by atoms with van der Waals surface area (Å²) in [6.45, 7) is 1.70. The van der Waals surface area contributed by atoms with E-state index in [1.165, 1.54) is 0 Å². The zero-order valence-electron chi connectivity index (χ0n) is 9.18. The van der Waals surface area contributed by atoms with Crippen LogP contribution in [0.5, 0.6) is 0 Å². The van der Waals surface area contributed by atoms with Gasteiger partial charge in [0.1, 0.15) is 0 Å². The van der Waals surface area contributed by atoms with Crippen LogP contribution in [0.3, 0.4) is 0 Å². The molecule has 2 rings (SSSR count). The highest BCUT2D eigenvalue weighted by Gasteiger charge is 2.15. The maximum Gasteiger partial charge on any atom is 0.310 e. The summed E-state index contributed by atoms with van der Waals surface area (Å²) in [5.41, 5.74) is 1.97. The van der Waals surface area contributed by atoms with Gasteiger partial charge >= 0.3 is 5.97 Å². The van der Waals surface area contributed by atoms with E-state index in [2.05, 4.69) is 15.9 Å². The molecule has 1 heterocycles. The standard InChI is InChI=1S/C13H11BrO2S/c1-8(13(15)16)10-6-12(17-7-10)9-2-4-11(14)5-3-9/h2-8H,1H3,(H,15,16). The molecule has 17 heavy (non-hydrogen) atoms. The number of hydrogen-bond donors (Lipinski definition) is 1. The van der Waals surface area contributed by atoms with Crippen LogP contribution in [0.4, 0.5) is 0 Å². The Hall–Kier alpha value is -1.13. The Morgan fingerprint density at radius 3 is 2.59 bits per heavy atom. The lowest BCUT2D eigenvalue weighted by Gasteiger charge is -2.01. The van der Waals surface area contributed by atoms with Crippen molar-refractivity contribution in [3.05, 3.63) is 45.7 Å². The predicted molar refractivity (Wildman–Crippen MR) is 73.5 cm³/mol. The second-order valence-electron chi connectivity index (χ2n) is 3.81. The number of thiophene rings is 1. The van der Waals surface area contributed by atoms with Crippen LogP contribution in [-0.4, -0.2) is 11.1 Å². The van der Waals surface area contributed by atoms with Gasteiger partial charge in [0.05, 0.1) is 5.92 Å². The summed E-state index contributed by atoms with van der Waals surface area (Å²) in [6.07, 6.45) is 0. The summed E-state index contributed by atoms with van der Waals surface area (Å²) < 4.78 is 1.04. The van der Waals surface area contributed by atoms with Crippen LogP contribution in [0.15, 0.2) is 40.2 Å². The topological polar surface area (TPSA) is 37.3 Å². The molecular formula is C13H11BrO2S. The van der Waals surface area contributed by atoms with Crippen molar-refractivity contribution in [2.75, 3.05) is 0 Å². The highest BCUT2D eigenvalue weighted by atomic mass is 79.9. The summed E-state index contributed by atoms with van der Waals surface area (Å²) in [5.74, 6) is -1.24. The molecule has 0 aliphatic heterocycles. The second-order valence-corrected chi connectivity index (χ2v) is 5.64. The van der Waals surface area contributed by atoms with Gasteiger partial charge in [0, 0.05) is 9.35 Å². The number of carboxylic acid groups (broad SMARTS) is 1. The number of hydrogen-bond acceptors (Lipinski definition) is 2. The van der Waals surface area contributed by atoms with Gasteiger partial charge < -0.3 is 5.11 Å². The quantitative estimate of drug-likeness (QED) is 0.914. The molecule has 1 aromatic carbocycles. The normalized spacial score (nSPS) is 12.4. The minimum atomic E-state index is -0.787. The fraction of sp³-hybridized carbons (Fsp3) is 0.154. The average molecular weight is 311 g/mol. The Morgan fingerprint density at radius 1 is 1.35 bits per heavy atom. The highest BCUT2D eigenvalue weighted by Crippen LogP contribution is 2.31. The molecule has 2 nitrogen and oxygen atoms in total. The minimum Gasteiger partial charge on any atom is -0.481 e. The molecule has 0 amide bonds. The molecule has 88 valence electrons. The van der Waals surface area contributed by atoms with Gasteiger partial charge in [-0.1, -0.05) is 28.1 Å². The van der Waals surface area contributed by atoms with Crippen LogP contribution < -0.4 is 0 Å². The first-order valence-corrected chi connectivity index (χ1v) is 6.82. The monoisotopic (exact) mass is 310 g/mol. The number of carboxylic acids is 1. The van der Waals surface area contributed by atoms with Gasteiger partial charge in [-0.05, 0) is 41.6 Å². The molecule has 0 fully saturated rings. The number of carbonyl (C=O) groups is 1. The lowest BCUT2D eigenvalue weighted by molar-refractivity contribution is -0.138. The summed E-state index contributed by atoms with van der Waals surface area (Å²) in [4.78, 5) is 12.0. The van der Waals surface area contributed by atoms with Gasteiger partial charge in [0.2, 0.25) is 0 Å². The molecular weight excluding hydrogens is 300 g/mol. The number of halogens is 1. The first-order valence-electron chi connectivity index (χ1n) is 5.15. The first kappa shape index (κ1) is 12.3. The van der Waals surface area contributed by atoms with Crippen LogP contribution in [0, 0.1) is 0 Å². The van der Waals surface area contributed by atoms with Crippen LogP contribution >= 0.6 is 27.3 Å². The SMILES string of the molecule is CC(C(=O)O)c1csc(-c2ccc(Br)cc2)c1. The van der Waals surface area contributed by atoms with Crippen LogP contribution in [0.25, 0.3) is 10.4 Å². The molecule has 1 atom stereocenters. The Bertz CT molecular complexity index is 531. The number of benzene rings is 1. The van der Waals surface area contributed by atoms with Crippen LogP contribution in [0.1, 0.15) is 18.4 Å². The van der Waals surface area contributed by atoms with Gasteiger partial charge in [-0.25, -0.2) is 0 Å². The molecule has 0 aliphatic rings. The van der Waals surface area contributed by atoms with Gasteiger partial charge in [0.15, 0.2) is 0 Å². The average Bonchev–Trinajstić information content (AvgIpc) is 2.78. The van der Waals surface area contributed by atoms with Crippen molar-refractivity contribution in [2.45, 2.75) is 12.8 Å². The lowest BCUT2D eigenvalue weighted by Crippen LogP contribution is -2.05. The van der Waals surface area contributed by atoms with Crippen molar-refractivity contribution in [1.82, 2.24) is 0 Å². The Labute approximate surface area is 112 Å². The summed E-state index contributed by atoms with van der Waals surface area (Å²) in [6, 6.07) is 9.95. The maximum atomic E-state index is 10.9. The van der Waals surface area contributed by atoms with E-state index in [9.17, 15) is 4.79 Å². The Kier molecular flexibility index (Phi) is 3.64. The minimum absolute atomic E-state index is 0.449. The van der Waals surface area contributed by atoms with Gasteiger partial charge in [0.25, 0.3) is 0 Å². The van der Waals surface area contributed by atoms with E-state index in [1.54, 1.807) is 18.3 Å². The fourth-order valence-corrected chi connectivity index (χ4v) is 2.76. The predicted octanol–water partition coefficient (Wildman–Crippen LogP) is 4.37. The van der Waals surface area contributed by atoms with Gasteiger partial charge in [-0.15, -0.1) is 11.3 Å². The van der Waals surface area contributed by atoms with Gasteiger partial charge in [-0.2, -0.15) is 0 Å². The number of rotatable bonds is 3. The summed E-state index contributed by atoms with van der Waals surface area (Å²) in [7, 11) is 0. The van der Waals surface area contributed by atoms with Crippen molar-refractivity contribution in [2.24, 2.45) is 0 Å². The third-order valence-corrected chi connectivity index (χ3v) is 4.15. The molecule has 1 N–H and O–H groups in total. The molecule has 1 unspecified atom stereocenters. The van der Waals surface area contributed by atoms with Crippen molar-refractivity contribution in [3.63, 3.8) is 0 Å². The van der Waals surface area contributed by atoms with Crippen molar-refractivity contribution in [1.29, 1.82) is 0 Å². The zero-order valence-corrected chi connectivity index (χ0v) is 11.6. The third-order valence-electron chi connectivity index (χ3n) is 2.62. The summed E-state index contributed by atoms with van der Waals surface area (Å²) >= 11 is 4.97. The molecule has 2 aromatic rings. The molecule has 4 heteroatoms.